The SMILES string of the molecule is CC(C)NCC1CCCN1CCc1nccn1C. The molecule has 2 rings (SSSR count). The predicted molar refractivity (Wildman–Crippen MR) is 74.6 cm³/mol. The van der Waals surface area contributed by atoms with Crippen molar-refractivity contribution >= 4 is 0 Å². The zero-order valence-corrected chi connectivity index (χ0v) is 11.9. The highest BCUT2D eigenvalue weighted by atomic mass is 15.2. The molecule has 1 aliphatic rings. The maximum atomic E-state index is 4.40. The van der Waals surface area contributed by atoms with Gasteiger partial charge in [-0.2, -0.15) is 0 Å². The lowest BCUT2D eigenvalue weighted by Gasteiger charge is -2.25. The molecule has 4 heteroatoms. The standard InChI is InChI=1S/C14H26N4/c1-12(2)16-11-13-5-4-8-18(13)9-6-14-15-7-10-17(14)3/h7,10,12-13,16H,4-6,8-9,11H2,1-3H3. The van der Waals surface area contributed by atoms with Crippen LogP contribution in [0.3, 0.4) is 0 Å². The summed E-state index contributed by atoms with van der Waals surface area (Å²) >= 11 is 0. The second-order valence-electron chi connectivity index (χ2n) is 5.60. The number of likely N-dealkylation sites (tertiary alicyclic amines) is 1. The normalized spacial score (nSPS) is 21.0. The van der Waals surface area contributed by atoms with Crippen molar-refractivity contribution in [2.45, 2.75) is 45.2 Å². The number of aromatic nitrogens is 2. The van der Waals surface area contributed by atoms with Crippen molar-refractivity contribution in [2.24, 2.45) is 7.05 Å². The van der Waals surface area contributed by atoms with Crippen LogP contribution in [0, 0.1) is 0 Å². The third kappa shape index (κ3) is 3.56. The van der Waals surface area contributed by atoms with Gasteiger partial charge in [-0.05, 0) is 19.4 Å². The van der Waals surface area contributed by atoms with Gasteiger partial charge in [0.25, 0.3) is 0 Å². The molecule has 1 aromatic rings. The van der Waals surface area contributed by atoms with E-state index in [-0.39, 0.29) is 0 Å². The van der Waals surface area contributed by atoms with Gasteiger partial charge in [-0.25, -0.2) is 4.98 Å². The molecule has 4 nitrogen and oxygen atoms in total. The first-order valence-electron chi connectivity index (χ1n) is 7.10. The van der Waals surface area contributed by atoms with E-state index in [2.05, 4.69) is 40.7 Å². The summed E-state index contributed by atoms with van der Waals surface area (Å²) in [5.74, 6) is 1.19. The molecule has 0 radical (unpaired) electrons. The van der Waals surface area contributed by atoms with E-state index in [0.717, 1.165) is 19.5 Å². The molecular formula is C14H26N4. The Labute approximate surface area is 110 Å². The van der Waals surface area contributed by atoms with E-state index in [1.807, 2.05) is 12.4 Å². The third-order valence-corrected chi connectivity index (χ3v) is 3.80. The molecule has 1 aromatic heterocycles. The van der Waals surface area contributed by atoms with Crippen molar-refractivity contribution in [2.75, 3.05) is 19.6 Å². The average Bonchev–Trinajstić information content (AvgIpc) is 2.92. The van der Waals surface area contributed by atoms with Crippen molar-refractivity contribution in [3.63, 3.8) is 0 Å². The van der Waals surface area contributed by atoms with Crippen LogP contribution in [0.5, 0.6) is 0 Å². The number of nitrogens with one attached hydrogen (secondary N) is 1. The molecule has 0 spiro atoms. The van der Waals surface area contributed by atoms with Gasteiger partial charge in [-0.15, -0.1) is 0 Å². The van der Waals surface area contributed by atoms with E-state index >= 15 is 0 Å². The van der Waals surface area contributed by atoms with E-state index in [4.69, 9.17) is 0 Å². The van der Waals surface area contributed by atoms with Gasteiger partial charge < -0.3 is 9.88 Å². The monoisotopic (exact) mass is 250 g/mol. The minimum absolute atomic E-state index is 0.585. The molecule has 1 fully saturated rings. The summed E-state index contributed by atoms with van der Waals surface area (Å²) in [6.07, 6.45) is 7.64. The first-order valence-corrected chi connectivity index (χ1v) is 7.10. The molecule has 1 unspecified atom stereocenters. The molecule has 0 saturated carbocycles. The fourth-order valence-corrected chi connectivity index (χ4v) is 2.67. The zero-order chi connectivity index (χ0) is 13.0. The zero-order valence-electron chi connectivity index (χ0n) is 11.9. The predicted octanol–water partition coefficient (Wildman–Crippen LogP) is 1.42. The summed E-state index contributed by atoms with van der Waals surface area (Å²) in [4.78, 5) is 7.01. The summed E-state index contributed by atoms with van der Waals surface area (Å²) in [5, 5.41) is 3.56. The lowest BCUT2D eigenvalue weighted by Crippen LogP contribution is -2.41. The number of hydrogen-bond donors (Lipinski definition) is 1. The lowest BCUT2D eigenvalue weighted by molar-refractivity contribution is 0.245. The Morgan fingerprint density at radius 1 is 1.50 bits per heavy atom. The fraction of sp³-hybridized carbons (Fsp3) is 0.786. The number of rotatable bonds is 6. The van der Waals surface area contributed by atoms with Gasteiger partial charge in [0, 0.05) is 51.0 Å². The molecule has 2 heterocycles. The summed E-state index contributed by atoms with van der Waals surface area (Å²) in [6, 6.07) is 1.30. The third-order valence-electron chi connectivity index (χ3n) is 3.80. The smallest absolute Gasteiger partial charge is 0.109 e. The van der Waals surface area contributed by atoms with E-state index in [1.165, 1.54) is 25.2 Å². The van der Waals surface area contributed by atoms with Crippen LogP contribution < -0.4 is 5.32 Å². The van der Waals surface area contributed by atoms with Gasteiger partial charge in [0.1, 0.15) is 5.82 Å². The van der Waals surface area contributed by atoms with Crippen LogP contribution in [0.15, 0.2) is 12.4 Å². The Kier molecular flexibility index (Phi) is 4.78. The molecule has 1 atom stereocenters. The lowest BCUT2D eigenvalue weighted by atomic mass is 10.2. The van der Waals surface area contributed by atoms with Crippen LogP contribution in [-0.2, 0) is 13.5 Å². The minimum atomic E-state index is 0.585. The first kappa shape index (κ1) is 13.6. The van der Waals surface area contributed by atoms with Crippen LogP contribution in [0.1, 0.15) is 32.5 Å². The Morgan fingerprint density at radius 3 is 3.00 bits per heavy atom. The van der Waals surface area contributed by atoms with Crippen molar-refractivity contribution < 1.29 is 0 Å². The van der Waals surface area contributed by atoms with Crippen molar-refractivity contribution in [3.8, 4) is 0 Å². The maximum absolute atomic E-state index is 4.40. The average molecular weight is 250 g/mol. The molecule has 18 heavy (non-hydrogen) atoms. The van der Waals surface area contributed by atoms with E-state index in [9.17, 15) is 0 Å². The second kappa shape index (κ2) is 6.34. The largest absolute Gasteiger partial charge is 0.338 e. The highest BCUT2D eigenvalue weighted by Gasteiger charge is 2.24. The highest BCUT2D eigenvalue weighted by molar-refractivity contribution is 4.93. The Balaban J connectivity index is 1.79. The van der Waals surface area contributed by atoms with Crippen LogP contribution in [0.2, 0.25) is 0 Å². The first-order chi connectivity index (χ1) is 8.66. The quantitative estimate of drug-likeness (QED) is 0.829. The molecule has 1 aliphatic heterocycles. The summed E-state index contributed by atoms with van der Waals surface area (Å²) in [7, 11) is 2.07. The van der Waals surface area contributed by atoms with Crippen LogP contribution >= 0.6 is 0 Å². The second-order valence-corrected chi connectivity index (χ2v) is 5.60. The minimum Gasteiger partial charge on any atom is -0.338 e. The number of hydrogen-bond acceptors (Lipinski definition) is 3. The Hall–Kier alpha value is -0.870. The van der Waals surface area contributed by atoms with Gasteiger partial charge in [0.2, 0.25) is 0 Å². The van der Waals surface area contributed by atoms with E-state index in [0.29, 0.717) is 12.1 Å². The van der Waals surface area contributed by atoms with Gasteiger partial charge in [0.15, 0.2) is 0 Å². The van der Waals surface area contributed by atoms with Crippen molar-refractivity contribution in [1.82, 2.24) is 19.8 Å². The molecule has 0 aromatic carbocycles. The van der Waals surface area contributed by atoms with Crippen LogP contribution in [0.25, 0.3) is 0 Å². The Bertz CT molecular complexity index is 358. The fourth-order valence-electron chi connectivity index (χ4n) is 2.67. The molecular weight excluding hydrogens is 224 g/mol. The number of nitrogens with zero attached hydrogens (tertiary/aromatic N) is 3. The summed E-state index contributed by atoms with van der Waals surface area (Å²) < 4.78 is 2.12. The Morgan fingerprint density at radius 2 is 2.33 bits per heavy atom. The highest BCUT2D eigenvalue weighted by Crippen LogP contribution is 2.17. The molecule has 102 valence electrons. The molecule has 1 N–H and O–H groups in total. The van der Waals surface area contributed by atoms with Gasteiger partial charge in [0.05, 0.1) is 0 Å². The van der Waals surface area contributed by atoms with Crippen LogP contribution in [0.4, 0.5) is 0 Å². The van der Waals surface area contributed by atoms with Gasteiger partial charge in [-0.1, -0.05) is 13.8 Å². The maximum Gasteiger partial charge on any atom is 0.109 e. The molecule has 0 amide bonds. The van der Waals surface area contributed by atoms with E-state index < -0.39 is 0 Å². The van der Waals surface area contributed by atoms with Crippen LogP contribution in [-0.4, -0.2) is 46.2 Å². The number of imidazole rings is 1. The van der Waals surface area contributed by atoms with E-state index in [1.54, 1.807) is 0 Å². The molecule has 0 aliphatic carbocycles. The summed E-state index contributed by atoms with van der Waals surface area (Å²) in [6.45, 7) is 7.93. The molecule has 0 bridgehead atoms. The topological polar surface area (TPSA) is 33.1 Å². The van der Waals surface area contributed by atoms with Gasteiger partial charge >= 0.3 is 0 Å². The van der Waals surface area contributed by atoms with Gasteiger partial charge in [-0.3, -0.25) is 4.90 Å². The van der Waals surface area contributed by atoms with Crippen molar-refractivity contribution in [3.05, 3.63) is 18.2 Å². The van der Waals surface area contributed by atoms with Crippen molar-refractivity contribution in [1.29, 1.82) is 0 Å². The summed E-state index contributed by atoms with van der Waals surface area (Å²) in [5.41, 5.74) is 0. The molecule has 1 saturated heterocycles. The number of aryl methyl sites for hydroxylation is 1.